The fraction of sp³-hybridized carbons (Fsp3) is 0.0588. The van der Waals surface area contributed by atoms with Crippen LogP contribution in [0.5, 0.6) is 11.5 Å². The minimum absolute atomic E-state index is 0.257. The molecule has 0 amide bonds. The normalized spacial score (nSPS) is 12.0. The number of fused-ring (bicyclic) bond motifs is 1. The largest absolute Gasteiger partial charge is 0.454 e. The van der Waals surface area contributed by atoms with Gasteiger partial charge >= 0.3 is 0 Å². The molecule has 1 aromatic heterocycles. The Labute approximate surface area is 147 Å². The van der Waals surface area contributed by atoms with Gasteiger partial charge in [-0.1, -0.05) is 22.0 Å². The van der Waals surface area contributed by atoms with Crippen LogP contribution in [0, 0.1) is 0 Å². The Kier molecular flexibility index (Phi) is 3.92. The molecule has 4 rings (SSSR count). The zero-order valence-corrected chi connectivity index (χ0v) is 14.1. The lowest BCUT2D eigenvalue weighted by molar-refractivity contribution is 0.174. The fourth-order valence-corrected chi connectivity index (χ4v) is 2.71. The van der Waals surface area contributed by atoms with Crippen molar-refractivity contribution in [2.24, 2.45) is 0 Å². The van der Waals surface area contributed by atoms with Crippen molar-refractivity contribution >= 4 is 39.1 Å². The van der Waals surface area contributed by atoms with E-state index in [0.29, 0.717) is 11.8 Å². The number of rotatable bonds is 4. The van der Waals surface area contributed by atoms with E-state index in [1.165, 1.54) is 0 Å². The molecule has 7 heteroatoms. The number of nitrogens with one attached hydrogen (secondary N) is 2. The highest BCUT2D eigenvalue weighted by molar-refractivity contribution is 9.10. The predicted molar refractivity (Wildman–Crippen MR) is 95.3 cm³/mol. The molecule has 0 atom stereocenters. The number of hydrogen-bond donors (Lipinski definition) is 2. The van der Waals surface area contributed by atoms with Gasteiger partial charge in [0.15, 0.2) is 11.5 Å². The van der Waals surface area contributed by atoms with Crippen LogP contribution in [0.15, 0.2) is 59.2 Å². The summed E-state index contributed by atoms with van der Waals surface area (Å²) in [5.41, 5.74) is 1.77. The number of ether oxygens (including phenoxy) is 2. The Morgan fingerprint density at radius 2 is 1.79 bits per heavy atom. The average molecular weight is 385 g/mol. The third-order valence-corrected chi connectivity index (χ3v) is 3.87. The minimum Gasteiger partial charge on any atom is -0.454 e. The van der Waals surface area contributed by atoms with Crippen molar-refractivity contribution in [1.82, 2.24) is 9.97 Å². The summed E-state index contributed by atoms with van der Waals surface area (Å²) in [6.45, 7) is 0.257. The van der Waals surface area contributed by atoms with Gasteiger partial charge in [-0.15, -0.1) is 0 Å². The van der Waals surface area contributed by atoms with Crippen molar-refractivity contribution in [3.8, 4) is 11.5 Å². The van der Waals surface area contributed by atoms with Crippen molar-refractivity contribution < 1.29 is 9.47 Å². The van der Waals surface area contributed by atoms with Gasteiger partial charge in [-0.25, -0.2) is 4.98 Å². The molecule has 6 nitrogen and oxygen atoms in total. The summed E-state index contributed by atoms with van der Waals surface area (Å²) in [4.78, 5) is 8.71. The fourth-order valence-electron chi connectivity index (χ4n) is 2.31. The van der Waals surface area contributed by atoms with Crippen LogP contribution in [0.25, 0.3) is 0 Å². The maximum atomic E-state index is 5.38. The monoisotopic (exact) mass is 384 g/mol. The van der Waals surface area contributed by atoms with E-state index in [4.69, 9.17) is 9.47 Å². The van der Waals surface area contributed by atoms with E-state index in [1.54, 1.807) is 12.3 Å². The zero-order chi connectivity index (χ0) is 16.4. The van der Waals surface area contributed by atoms with Crippen LogP contribution in [-0.4, -0.2) is 16.8 Å². The minimum atomic E-state index is 0.257. The molecule has 0 saturated heterocycles. The molecule has 2 aromatic carbocycles. The maximum absolute atomic E-state index is 5.38. The number of aromatic nitrogens is 2. The van der Waals surface area contributed by atoms with Crippen LogP contribution in [0.1, 0.15) is 0 Å². The molecule has 0 fully saturated rings. The van der Waals surface area contributed by atoms with Crippen molar-refractivity contribution in [3.63, 3.8) is 0 Å². The lowest BCUT2D eigenvalue weighted by Crippen LogP contribution is -2.00. The van der Waals surface area contributed by atoms with Gasteiger partial charge < -0.3 is 20.1 Å². The molecule has 3 aromatic rings. The van der Waals surface area contributed by atoms with E-state index in [1.807, 2.05) is 42.5 Å². The van der Waals surface area contributed by atoms with Crippen molar-refractivity contribution in [3.05, 3.63) is 59.2 Å². The van der Waals surface area contributed by atoms with Crippen LogP contribution in [-0.2, 0) is 0 Å². The van der Waals surface area contributed by atoms with Crippen LogP contribution in [0.3, 0.4) is 0 Å². The molecule has 0 saturated carbocycles. The second kappa shape index (κ2) is 6.37. The van der Waals surface area contributed by atoms with Crippen molar-refractivity contribution in [2.45, 2.75) is 0 Å². The summed E-state index contributed by atoms with van der Waals surface area (Å²) in [5.74, 6) is 2.67. The first-order valence-corrected chi connectivity index (χ1v) is 8.08. The third kappa shape index (κ3) is 3.26. The molecular formula is C17H13BrN4O2. The highest BCUT2D eigenvalue weighted by Crippen LogP contribution is 2.35. The molecule has 2 N–H and O–H groups in total. The van der Waals surface area contributed by atoms with Gasteiger partial charge in [0.05, 0.1) is 0 Å². The Morgan fingerprint density at radius 3 is 2.71 bits per heavy atom. The summed E-state index contributed by atoms with van der Waals surface area (Å²) in [7, 11) is 0. The first-order valence-electron chi connectivity index (χ1n) is 7.29. The quantitative estimate of drug-likeness (QED) is 0.692. The molecular weight excluding hydrogens is 372 g/mol. The van der Waals surface area contributed by atoms with E-state index >= 15 is 0 Å². The topological polar surface area (TPSA) is 68.3 Å². The number of nitrogens with zero attached hydrogens (tertiary/aromatic N) is 2. The van der Waals surface area contributed by atoms with E-state index in [0.717, 1.165) is 27.3 Å². The van der Waals surface area contributed by atoms with Crippen molar-refractivity contribution in [2.75, 3.05) is 17.4 Å². The van der Waals surface area contributed by atoms with E-state index in [2.05, 4.69) is 36.5 Å². The van der Waals surface area contributed by atoms with Gasteiger partial charge in [0.25, 0.3) is 0 Å². The Morgan fingerprint density at radius 1 is 0.917 bits per heavy atom. The number of benzene rings is 2. The molecule has 1 aliphatic heterocycles. The van der Waals surface area contributed by atoms with Crippen molar-refractivity contribution in [1.29, 1.82) is 0 Å². The lowest BCUT2D eigenvalue weighted by Gasteiger charge is -2.09. The molecule has 0 spiro atoms. The summed E-state index contributed by atoms with van der Waals surface area (Å²) in [5, 5.41) is 6.41. The molecule has 0 unspecified atom stereocenters. The highest BCUT2D eigenvalue weighted by atomic mass is 79.9. The standard InChI is InChI=1S/C17H13BrN4O2/c18-11-2-1-3-12(8-11)21-17-19-7-6-16(22-17)20-13-4-5-14-15(9-13)24-10-23-14/h1-9H,10H2,(H2,19,20,21,22). The molecule has 0 aliphatic carbocycles. The van der Waals surface area contributed by atoms with E-state index in [9.17, 15) is 0 Å². The smallest absolute Gasteiger partial charge is 0.231 e. The molecule has 24 heavy (non-hydrogen) atoms. The van der Waals surface area contributed by atoms with Crippen LogP contribution < -0.4 is 20.1 Å². The van der Waals surface area contributed by atoms with Gasteiger partial charge in [0, 0.05) is 28.1 Å². The van der Waals surface area contributed by atoms with E-state index in [-0.39, 0.29) is 6.79 Å². The predicted octanol–water partition coefficient (Wildman–Crippen LogP) is 4.46. The second-order valence-corrected chi connectivity index (χ2v) is 6.01. The van der Waals surface area contributed by atoms with Gasteiger partial charge in [0.1, 0.15) is 5.82 Å². The van der Waals surface area contributed by atoms with E-state index < -0.39 is 0 Å². The van der Waals surface area contributed by atoms with Gasteiger partial charge in [-0.3, -0.25) is 0 Å². The van der Waals surface area contributed by atoms with Gasteiger partial charge in [-0.2, -0.15) is 4.98 Å². The molecule has 120 valence electrons. The highest BCUT2D eigenvalue weighted by Gasteiger charge is 2.13. The molecule has 0 bridgehead atoms. The Hall–Kier alpha value is -2.80. The number of hydrogen-bond acceptors (Lipinski definition) is 6. The Balaban J connectivity index is 1.52. The third-order valence-electron chi connectivity index (χ3n) is 3.38. The average Bonchev–Trinajstić information content (AvgIpc) is 3.03. The SMILES string of the molecule is Brc1cccc(Nc2nccc(Nc3ccc4c(c3)OCO4)n2)c1. The Bertz CT molecular complexity index is 888. The molecule has 1 aliphatic rings. The summed E-state index contributed by atoms with van der Waals surface area (Å²) in [6.07, 6.45) is 1.70. The maximum Gasteiger partial charge on any atom is 0.231 e. The van der Waals surface area contributed by atoms with Gasteiger partial charge in [0.2, 0.25) is 12.7 Å². The van der Waals surface area contributed by atoms with Crippen LogP contribution in [0.4, 0.5) is 23.1 Å². The summed E-state index contributed by atoms with van der Waals surface area (Å²) >= 11 is 3.44. The van der Waals surface area contributed by atoms with Crippen LogP contribution >= 0.6 is 15.9 Å². The summed E-state index contributed by atoms with van der Waals surface area (Å²) in [6, 6.07) is 15.3. The van der Waals surface area contributed by atoms with Gasteiger partial charge in [-0.05, 0) is 36.4 Å². The lowest BCUT2D eigenvalue weighted by atomic mass is 10.3. The first kappa shape index (κ1) is 14.8. The van der Waals surface area contributed by atoms with Crippen LogP contribution in [0.2, 0.25) is 0 Å². The summed E-state index contributed by atoms with van der Waals surface area (Å²) < 4.78 is 11.7. The molecule has 0 radical (unpaired) electrons. The molecule has 2 heterocycles. The second-order valence-electron chi connectivity index (χ2n) is 5.09. The zero-order valence-electron chi connectivity index (χ0n) is 12.5. The number of halogens is 1. The first-order chi connectivity index (χ1) is 11.8. The number of anilines is 4.